The number of thiophene rings is 1. The Labute approximate surface area is 210 Å². The van der Waals surface area contributed by atoms with Crippen molar-refractivity contribution in [2.45, 2.75) is 37.5 Å². The van der Waals surface area contributed by atoms with Gasteiger partial charge >= 0.3 is 0 Å². The molecular formula is C25H23N5O3S2. The van der Waals surface area contributed by atoms with Crippen LogP contribution in [0.1, 0.15) is 39.2 Å². The number of aryl methyl sites for hydroxylation is 1. The van der Waals surface area contributed by atoms with Crippen LogP contribution in [0.5, 0.6) is 0 Å². The van der Waals surface area contributed by atoms with Crippen LogP contribution >= 0.6 is 23.1 Å². The largest absolute Gasteiger partial charge is 0.411 e. The Balaban J connectivity index is 1.25. The van der Waals surface area contributed by atoms with Gasteiger partial charge < -0.3 is 15.1 Å². The van der Waals surface area contributed by atoms with E-state index in [1.807, 2.05) is 30.3 Å². The van der Waals surface area contributed by atoms with Crippen LogP contribution in [0.3, 0.4) is 0 Å². The van der Waals surface area contributed by atoms with Crippen molar-refractivity contribution in [3.63, 3.8) is 0 Å². The average molecular weight is 506 g/mol. The van der Waals surface area contributed by atoms with Gasteiger partial charge in [0.05, 0.1) is 11.3 Å². The zero-order chi connectivity index (χ0) is 24.0. The molecule has 0 saturated heterocycles. The second-order valence-electron chi connectivity index (χ2n) is 8.03. The maximum absolute atomic E-state index is 13.2. The molecule has 10 heteroatoms. The molecule has 0 atom stereocenters. The average Bonchev–Trinajstić information content (AvgIpc) is 3.52. The number of rotatable bonds is 8. The number of pyridine rings is 1. The van der Waals surface area contributed by atoms with Gasteiger partial charge in [0, 0.05) is 29.4 Å². The summed E-state index contributed by atoms with van der Waals surface area (Å²) in [6.45, 7) is 0.435. The molecule has 5 rings (SSSR count). The number of thioether (sulfide) groups is 1. The molecule has 178 valence electrons. The fourth-order valence-electron chi connectivity index (χ4n) is 3.93. The number of hydrogen-bond acceptors (Lipinski definition) is 8. The minimum atomic E-state index is -0.227. The first-order valence-electron chi connectivity index (χ1n) is 11.3. The number of carbonyl (C=O) groups is 2. The summed E-state index contributed by atoms with van der Waals surface area (Å²) in [5.74, 6) is 0.0779. The smallest absolute Gasteiger partial charge is 0.277 e. The highest BCUT2D eigenvalue weighted by Gasteiger charge is 2.26. The number of aromatic nitrogens is 3. The number of hydrogen-bond donors (Lipinski definition) is 2. The molecule has 1 aliphatic rings. The maximum Gasteiger partial charge on any atom is 0.277 e. The van der Waals surface area contributed by atoms with Crippen molar-refractivity contribution in [3.05, 3.63) is 76.4 Å². The Morgan fingerprint density at radius 2 is 1.83 bits per heavy atom. The molecule has 8 nitrogen and oxygen atoms in total. The molecule has 3 heterocycles. The normalized spacial score (nSPS) is 12.7. The minimum absolute atomic E-state index is 0.0889. The van der Waals surface area contributed by atoms with Crippen LogP contribution in [0.2, 0.25) is 0 Å². The van der Waals surface area contributed by atoms with E-state index in [0.29, 0.717) is 28.2 Å². The molecule has 3 aromatic heterocycles. The topological polar surface area (TPSA) is 110 Å². The molecule has 0 saturated carbocycles. The lowest BCUT2D eigenvalue weighted by Crippen LogP contribution is -2.25. The standard InChI is InChI=1S/C25H23N5O3S2/c31-20(15-34-25-30-29-23(33-25)17-10-12-26-13-11-17)28-24-21(18-8-4-5-9-19(18)35-24)22(32)27-14-16-6-2-1-3-7-16/h1-3,6-7,10-13H,4-5,8-9,14-15H2,(H,27,32)(H,28,31). The highest BCUT2D eigenvalue weighted by atomic mass is 32.2. The summed E-state index contributed by atoms with van der Waals surface area (Å²) in [6.07, 6.45) is 7.22. The number of fused-ring (bicyclic) bond motifs is 1. The van der Waals surface area contributed by atoms with E-state index in [2.05, 4.69) is 25.8 Å². The van der Waals surface area contributed by atoms with Crippen molar-refractivity contribution in [1.29, 1.82) is 0 Å². The highest BCUT2D eigenvalue weighted by Crippen LogP contribution is 2.38. The third kappa shape index (κ3) is 5.60. The predicted molar refractivity (Wildman–Crippen MR) is 135 cm³/mol. The predicted octanol–water partition coefficient (Wildman–Crippen LogP) is 4.73. The first kappa shape index (κ1) is 23.3. The second-order valence-corrected chi connectivity index (χ2v) is 10.1. The molecular weight excluding hydrogens is 482 g/mol. The third-order valence-corrected chi connectivity index (χ3v) is 7.63. The Morgan fingerprint density at radius 3 is 2.66 bits per heavy atom. The Kier molecular flexibility index (Phi) is 7.20. The molecule has 0 unspecified atom stereocenters. The van der Waals surface area contributed by atoms with Crippen LogP contribution in [-0.4, -0.2) is 32.7 Å². The van der Waals surface area contributed by atoms with Gasteiger partial charge in [0.25, 0.3) is 11.1 Å². The van der Waals surface area contributed by atoms with Gasteiger partial charge in [0.15, 0.2) is 0 Å². The fraction of sp³-hybridized carbons (Fsp3) is 0.240. The number of anilines is 1. The zero-order valence-corrected chi connectivity index (χ0v) is 20.5. The van der Waals surface area contributed by atoms with Gasteiger partial charge in [-0.1, -0.05) is 42.1 Å². The Bertz CT molecular complexity index is 1320. The fourth-order valence-corrected chi connectivity index (χ4v) is 5.80. The lowest BCUT2D eigenvalue weighted by Gasteiger charge is -2.13. The van der Waals surface area contributed by atoms with Gasteiger partial charge in [-0.2, -0.15) is 0 Å². The summed E-state index contributed by atoms with van der Waals surface area (Å²) in [6, 6.07) is 13.3. The molecule has 4 aromatic rings. The highest BCUT2D eigenvalue weighted by molar-refractivity contribution is 7.99. The van der Waals surface area contributed by atoms with Crippen molar-refractivity contribution >= 4 is 39.9 Å². The second kappa shape index (κ2) is 10.8. The summed E-state index contributed by atoms with van der Waals surface area (Å²) in [5, 5.41) is 14.9. The van der Waals surface area contributed by atoms with E-state index in [0.717, 1.165) is 54.1 Å². The van der Waals surface area contributed by atoms with Gasteiger partial charge in [0.2, 0.25) is 11.8 Å². The summed E-state index contributed by atoms with van der Waals surface area (Å²) in [5.41, 5.74) is 3.45. The summed E-state index contributed by atoms with van der Waals surface area (Å²) >= 11 is 2.66. The zero-order valence-electron chi connectivity index (χ0n) is 18.8. The Morgan fingerprint density at radius 1 is 1.03 bits per heavy atom. The quantitative estimate of drug-likeness (QED) is 0.333. The van der Waals surface area contributed by atoms with E-state index in [-0.39, 0.29) is 17.6 Å². The van der Waals surface area contributed by atoms with E-state index in [9.17, 15) is 9.59 Å². The van der Waals surface area contributed by atoms with Crippen LogP contribution < -0.4 is 10.6 Å². The molecule has 1 aromatic carbocycles. The van der Waals surface area contributed by atoms with Gasteiger partial charge in [-0.25, -0.2) is 0 Å². The van der Waals surface area contributed by atoms with E-state index < -0.39 is 0 Å². The molecule has 0 aliphatic heterocycles. The molecule has 35 heavy (non-hydrogen) atoms. The summed E-state index contributed by atoms with van der Waals surface area (Å²) in [4.78, 5) is 31.1. The number of amides is 2. The number of nitrogens with one attached hydrogen (secondary N) is 2. The van der Waals surface area contributed by atoms with Gasteiger partial charge in [0.1, 0.15) is 5.00 Å². The van der Waals surface area contributed by atoms with Crippen molar-refractivity contribution in [1.82, 2.24) is 20.5 Å². The first-order chi connectivity index (χ1) is 17.2. The van der Waals surface area contributed by atoms with Crippen LogP contribution in [0, 0.1) is 0 Å². The number of nitrogens with zero attached hydrogens (tertiary/aromatic N) is 3. The first-order valence-corrected chi connectivity index (χ1v) is 13.1. The van der Waals surface area contributed by atoms with Crippen LogP contribution in [0.15, 0.2) is 64.5 Å². The minimum Gasteiger partial charge on any atom is -0.411 e. The SMILES string of the molecule is O=C(CSc1nnc(-c2ccncc2)o1)Nc1sc2c(c1C(=O)NCc1ccccc1)CCCC2. The van der Waals surface area contributed by atoms with Gasteiger partial charge in [-0.15, -0.1) is 21.5 Å². The number of benzene rings is 1. The van der Waals surface area contributed by atoms with E-state index >= 15 is 0 Å². The van der Waals surface area contributed by atoms with E-state index in [1.165, 1.54) is 16.2 Å². The van der Waals surface area contributed by atoms with Crippen molar-refractivity contribution in [2.75, 3.05) is 11.1 Å². The Hall–Kier alpha value is -3.50. The lowest BCUT2D eigenvalue weighted by atomic mass is 9.95. The lowest BCUT2D eigenvalue weighted by molar-refractivity contribution is -0.113. The molecule has 2 amide bonds. The molecule has 0 spiro atoms. The third-order valence-electron chi connectivity index (χ3n) is 5.61. The van der Waals surface area contributed by atoms with Gasteiger partial charge in [-0.3, -0.25) is 14.6 Å². The summed E-state index contributed by atoms with van der Waals surface area (Å²) in [7, 11) is 0. The number of carbonyl (C=O) groups excluding carboxylic acids is 2. The van der Waals surface area contributed by atoms with Gasteiger partial charge in [-0.05, 0) is 48.9 Å². The molecule has 1 aliphatic carbocycles. The molecule has 0 fully saturated rings. The monoisotopic (exact) mass is 505 g/mol. The van der Waals surface area contributed by atoms with Crippen LogP contribution in [0.25, 0.3) is 11.5 Å². The maximum atomic E-state index is 13.2. The van der Waals surface area contributed by atoms with Crippen LogP contribution in [0.4, 0.5) is 5.00 Å². The van der Waals surface area contributed by atoms with Crippen LogP contribution in [-0.2, 0) is 24.2 Å². The van der Waals surface area contributed by atoms with Crippen molar-refractivity contribution in [3.8, 4) is 11.5 Å². The molecule has 2 N–H and O–H groups in total. The molecule has 0 bridgehead atoms. The molecule has 0 radical (unpaired) electrons. The summed E-state index contributed by atoms with van der Waals surface area (Å²) < 4.78 is 5.64. The van der Waals surface area contributed by atoms with Crippen molar-refractivity contribution in [2.24, 2.45) is 0 Å². The van der Waals surface area contributed by atoms with E-state index in [4.69, 9.17) is 4.42 Å². The van der Waals surface area contributed by atoms with E-state index in [1.54, 1.807) is 24.5 Å². The van der Waals surface area contributed by atoms with Crippen molar-refractivity contribution < 1.29 is 14.0 Å².